The molecule has 3 nitrogen and oxygen atoms in total. The quantitative estimate of drug-likeness (QED) is 0.122. The van der Waals surface area contributed by atoms with Gasteiger partial charge in [-0.3, -0.25) is 0 Å². The van der Waals surface area contributed by atoms with Crippen LogP contribution in [0.15, 0.2) is 370 Å². The third-order valence-electron chi connectivity index (χ3n) is 19.8. The summed E-state index contributed by atoms with van der Waals surface area (Å²) in [5, 5.41) is 0. The number of hydrogen-bond donors (Lipinski definition) is 0. The fourth-order valence-corrected chi connectivity index (χ4v) is 15.0. The Hall–Kier alpha value is -12.7. The predicted octanol–water partition coefficient (Wildman–Crippen LogP) is 24.2. The SMILES string of the molecule is c1ccc(-c2cccc(-c3ccc(-c4nc(-c5ccc(-c6cccc(-c7ccccc7)c6)cc5)nc(-c5ccc(-c6cccc(-c7cccc(-c8cccc(-c9cccc(-c%10ccc%11c(c%10)C%10(c%12ccccc%12-c%12ccccc%12%10)c%10ccccc%10-%11)c9)c8)c7)c6)cc5)n4)cc3)c2)cc1. The Labute approximate surface area is 565 Å². The summed E-state index contributed by atoms with van der Waals surface area (Å²) in [6, 6.07) is 134. The Morgan fingerprint density at radius 2 is 0.330 bits per heavy atom. The van der Waals surface area contributed by atoms with E-state index >= 15 is 0 Å². The second-order valence-corrected chi connectivity index (χ2v) is 25.4. The zero-order valence-electron chi connectivity index (χ0n) is 53.1. The van der Waals surface area contributed by atoms with Gasteiger partial charge in [0, 0.05) is 16.7 Å². The standard InChI is InChI=1S/C94H61N3/c1-3-19-62(20-4-1)70-23-13-25-72(55-70)64-41-47-67(48-42-64)91-95-92(68-49-43-65(44-50-68)73-26-14-24-71(56-73)63-21-5-2-6-22-63)97-93(96-91)69-51-45-66(46-52-69)74-27-15-28-75(57-74)76-29-16-30-77(58-76)78-31-17-32-79(59-78)80-33-18-34-81(60-80)82-53-54-86-85-37-9-12-40-89(85)94(90(86)61-82)87-38-10-7-35-83(87)84-36-8-11-39-88(84)94/h1-61H. The van der Waals surface area contributed by atoms with Gasteiger partial charge in [0.05, 0.1) is 5.41 Å². The summed E-state index contributed by atoms with van der Waals surface area (Å²) >= 11 is 0. The van der Waals surface area contributed by atoms with E-state index in [0.29, 0.717) is 17.5 Å². The smallest absolute Gasteiger partial charge is 0.164 e. The maximum Gasteiger partial charge on any atom is 0.164 e. The Balaban J connectivity index is 0.628. The monoisotopic (exact) mass is 1230 g/mol. The van der Waals surface area contributed by atoms with Crippen LogP contribution in [-0.2, 0) is 5.41 Å². The lowest BCUT2D eigenvalue weighted by Gasteiger charge is -2.30. The van der Waals surface area contributed by atoms with E-state index in [0.717, 1.165) is 66.8 Å². The molecule has 0 amide bonds. The second kappa shape index (κ2) is 24.0. The number of hydrogen-bond acceptors (Lipinski definition) is 3. The molecule has 15 aromatic carbocycles. The molecular formula is C94H61N3. The van der Waals surface area contributed by atoms with Gasteiger partial charge in [-0.1, -0.05) is 328 Å². The largest absolute Gasteiger partial charge is 0.208 e. The molecule has 16 aromatic rings. The van der Waals surface area contributed by atoms with Gasteiger partial charge in [0.15, 0.2) is 17.5 Å². The fraction of sp³-hybridized carbons (Fsp3) is 0.0106. The lowest BCUT2D eigenvalue weighted by atomic mass is 9.70. The Morgan fingerprint density at radius 1 is 0.134 bits per heavy atom. The van der Waals surface area contributed by atoms with Crippen LogP contribution in [0.4, 0.5) is 0 Å². The summed E-state index contributed by atoms with van der Waals surface area (Å²) in [7, 11) is 0. The first-order valence-electron chi connectivity index (χ1n) is 33.3. The minimum Gasteiger partial charge on any atom is -0.208 e. The van der Waals surface area contributed by atoms with Crippen molar-refractivity contribution in [1.82, 2.24) is 15.0 Å². The zero-order chi connectivity index (χ0) is 64.2. The fourth-order valence-electron chi connectivity index (χ4n) is 15.0. The molecule has 1 aromatic heterocycles. The van der Waals surface area contributed by atoms with Crippen molar-refractivity contribution in [3.8, 4) is 157 Å². The number of fused-ring (bicyclic) bond motifs is 10. The van der Waals surface area contributed by atoms with Crippen LogP contribution in [0.25, 0.3) is 157 Å². The van der Waals surface area contributed by atoms with E-state index in [1.54, 1.807) is 0 Å². The van der Waals surface area contributed by atoms with Gasteiger partial charge in [-0.05, 0) is 187 Å². The molecule has 0 N–H and O–H groups in total. The van der Waals surface area contributed by atoms with E-state index in [4.69, 9.17) is 15.0 Å². The van der Waals surface area contributed by atoms with Crippen molar-refractivity contribution < 1.29 is 0 Å². The number of nitrogens with zero attached hydrogens (tertiary/aromatic N) is 3. The molecule has 97 heavy (non-hydrogen) atoms. The Kier molecular flexibility index (Phi) is 14.1. The highest BCUT2D eigenvalue weighted by Gasteiger charge is 2.51. The van der Waals surface area contributed by atoms with Gasteiger partial charge in [0.1, 0.15) is 0 Å². The average Bonchev–Trinajstić information content (AvgIpc) is 1.51. The van der Waals surface area contributed by atoms with Crippen LogP contribution in [0, 0.1) is 0 Å². The van der Waals surface area contributed by atoms with Crippen LogP contribution in [0.5, 0.6) is 0 Å². The van der Waals surface area contributed by atoms with E-state index in [9.17, 15) is 0 Å². The average molecular weight is 1230 g/mol. The highest BCUT2D eigenvalue weighted by molar-refractivity contribution is 5.96. The van der Waals surface area contributed by atoms with Crippen molar-refractivity contribution in [3.63, 3.8) is 0 Å². The van der Waals surface area contributed by atoms with E-state index < -0.39 is 0 Å². The molecule has 2 aliphatic rings. The predicted molar refractivity (Wildman–Crippen MR) is 401 cm³/mol. The lowest BCUT2D eigenvalue weighted by molar-refractivity contribution is 0.794. The van der Waals surface area contributed by atoms with Gasteiger partial charge in [-0.2, -0.15) is 0 Å². The van der Waals surface area contributed by atoms with Crippen LogP contribution in [-0.4, -0.2) is 15.0 Å². The van der Waals surface area contributed by atoms with E-state index in [1.807, 2.05) is 0 Å². The molecular weight excluding hydrogens is 1170 g/mol. The van der Waals surface area contributed by atoms with Gasteiger partial charge >= 0.3 is 0 Å². The number of aromatic nitrogens is 3. The number of rotatable bonds is 12. The highest BCUT2D eigenvalue weighted by Crippen LogP contribution is 2.63. The molecule has 1 heterocycles. The molecule has 18 rings (SSSR count). The van der Waals surface area contributed by atoms with Crippen molar-refractivity contribution in [2.45, 2.75) is 5.41 Å². The van der Waals surface area contributed by atoms with Crippen LogP contribution in [0.1, 0.15) is 22.3 Å². The van der Waals surface area contributed by atoms with E-state index in [2.05, 4.69) is 370 Å². The van der Waals surface area contributed by atoms with Crippen LogP contribution in [0.2, 0.25) is 0 Å². The molecule has 0 bridgehead atoms. The summed E-state index contributed by atoms with van der Waals surface area (Å²) in [4.78, 5) is 15.6. The molecule has 452 valence electrons. The highest BCUT2D eigenvalue weighted by atomic mass is 15.0. The maximum atomic E-state index is 5.20. The van der Waals surface area contributed by atoms with E-state index in [1.165, 1.54) is 94.6 Å². The molecule has 1 spiro atoms. The molecule has 0 radical (unpaired) electrons. The van der Waals surface area contributed by atoms with Crippen LogP contribution in [0.3, 0.4) is 0 Å². The van der Waals surface area contributed by atoms with Crippen molar-refractivity contribution in [3.05, 3.63) is 392 Å². The zero-order valence-corrected chi connectivity index (χ0v) is 53.1. The summed E-state index contributed by atoms with van der Waals surface area (Å²) in [6.07, 6.45) is 0. The molecule has 0 saturated carbocycles. The molecule has 0 atom stereocenters. The first-order valence-corrected chi connectivity index (χ1v) is 33.3. The first-order chi connectivity index (χ1) is 48.0. The van der Waals surface area contributed by atoms with Crippen LogP contribution >= 0.6 is 0 Å². The van der Waals surface area contributed by atoms with Gasteiger partial charge in [-0.15, -0.1) is 0 Å². The van der Waals surface area contributed by atoms with Crippen molar-refractivity contribution in [2.24, 2.45) is 0 Å². The maximum absolute atomic E-state index is 5.20. The topological polar surface area (TPSA) is 38.7 Å². The summed E-state index contributed by atoms with van der Waals surface area (Å²) in [5.74, 6) is 1.82. The van der Waals surface area contributed by atoms with Gasteiger partial charge in [-0.25, -0.2) is 15.0 Å². The van der Waals surface area contributed by atoms with Gasteiger partial charge < -0.3 is 0 Å². The summed E-state index contributed by atoms with van der Waals surface area (Å²) in [5.41, 5.74) is 33.9. The second-order valence-electron chi connectivity index (χ2n) is 25.4. The minimum atomic E-state index is -0.389. The molecule has 0 unspecified atom stereocenters. The van der Waals surface area contributed by atoms with Gasteiger partial charge in [0.2, 0.25) is 0 Å². The summed E-state index contributed by atoms with van der Waals surface area (Å²) in [6.45, 7) is 0. The van der Waals surface area contributed by atoms with E-state index in [-0.39, 0.29) is 5.41 Å². The minimum absolute atomic E-state index is 0.389. The molecule has 2 aliphatic carbocycles. The van der Waals surface area contributed by atoms with Crippen molar-refractivity contribution in [1.29, 1.82) is 0 Å². The van der Waals surface area contributed by atoms with Gasteiger partial charge in [0.25, 0.3) is 0 Å². The lowest BCUT2D eigenvalue weighted by Crippen LogP contribution is -2.25. The molecule has 3 heteroatoms. The molecule has 0 fully saturated rings. The Morgan fingerprint density at radius 3 is 0.619 bits per heavy atom. The molecule has 0 saturated heterocycles. The number of benzene rings is 15. The van der Waals surface area contributed by atoms with Crippen molar-refractivity contribution >= 4 is 0 Å². The third-order valence-corrected chi connectivity index (χ3v) is 19.8. The normalized spacial score (nSPS) is 12.2. The molecule has 0 aliphatic heterocycles. The first kappa shape index (κ1) is 57.0. The Bertz CT molecular complexity index is 5470. The van der Waals surface area contributed by atoms with Crippen molar-refractivity contribution in [2.75, 3.05) is 0 Å². The van der Waals surface area contributed by atoms with Crippen LogP contribution < -0.4 is 0 Å². The third kappa shape index (κ3) is 10.3. The summed E-state index contributed by atoms with van der Waals surface area (Å²) < 4.78 is 0.